The molecule has 0 fully saturated rings. The molecule has 0 N–H and O–H groups in total. The smallest absolute Gasteiger partial charge is 0.314 e. The average molecular weight is 312 g/mol. The highest BCUT2D eigenvalue weighted by molar-refractivity contribution is 9.09. The summed E-state index contributed by atoms with van der Waals surface area (Å²) in [6, 6.07) is 1.76. The van der Waals surface area contributed by atoms with Gasteiger partial charge in [-0.2, -0.15) is 13.2 Å². The summed E-state index contributed by atoms with van der Waals surface area (Å²) in [5.41, 5.74) is -1.51. The van der Waals surface area contributed by atoms with Crippen molar-refractivity contribution in [3.8, 4) is 0 Å². The lowest BCUT2D eigenvalue weighted by Gasteiger charge is -2.23. The molecule has 0 spiro atoms. The van der Waals surface area contributed by atoms with Gasteiger partial charge in [-0.3, -0.25) is 4.79 Å². The lowest BCUT2D eigenvalue weighted by atomic mass is 9.96. The first kappa shape index (κ1) is 14.3. The van der Waals surface area contributed by atoms with Crippen molar-refractivity contribution in [2.24, 2.45) is 5.41 Å². The van der Waals surface area contributed by atoms with E-state index in [1.807, 2.05) is 13.8 Å². The van der Waals surface area contributed by atoms with Crippen molar-refractivity contribution >= 4 is 15.9 Å². The molecule has 0 saturated heterocycles. The van der Waals surface area contributed by atoms with Gasteiger partial charge in [0.15, 0.2) is 0 Å². The highest BCUT2D eigenvalue weighted by Crippen LogP contribution is 2.28. The van der Waals surface area contributed by atoms with E-state index in [1.54, 1.807) is 0 Å². The summed E-state index contributed by atoms with van der Waals surface area (Å²) < 4.78 is 38.6. The van der Waals surface area contributed by atoms with Crippen molar-refractivity contribution < 1.29 is 13.2 Å². The zero-order valence-electron chi connectivity index (χ0n) is 9.51. The first-order valence-corrected chi connectivity index (χ1v) is 6.11. The van der Waals surface area contributed by atoms with E-state index < -0.39 is 17.3 Å². The van der Waals surface area contributed by atoms with Gasteiger partial charge in [-0.15, -0.1) is 0 Å². The average Bonchev–Trinajstić information content (AvgIpc) is 2.19. The molecule has 6 heteroatoms. The van der Waals surface area contributed by atoms with Crippen LogP contribution in [0.1, 0.15) is 19.4 Å². The maximum absolute atomic E-state index is 12.5. The predicted molar refractivity (Wildman–Crippen MR) is 63.3 cm³/mol. The molecule has 0 aliphatic carbocycles. The minimum atomic E-state index is -4.42. The Morgan fingerprint density at radius 3 is 2.35 bits per heavy atom. The third-order valence-corrected chi connectivity index (χ3v) is 3.79. The van der Waals surface area contributed by atoms with E-state index in [-0.39, 0.29) is 12.0 Å². The third kappa shape index (κ3) is 3.87. The summed E-state index contributed by atoms with van der Waals surface area (Å²) in [5, 5.41) is 0.600. The van der Waals surface area contributed by atoms with Crippen molar-refractivity contribution in [2.75, 3.05) is 5.33 Å². The second-order valence-corrected chi connectivity index (χ2v) is 5.24. The van der Waals surface area contributed by atoms with Crippen LogP contribution < -0.4 is 5.56 Å². The standard InChI is InChI=1S/C11H13BrF3NO/c1-10(2,6-12)7-16-5-8(11(13,14)15)3-4-9(16)17/h3-5H,6-7H2,1-2H3. The predicted octanol–water partition coefficient (Wildman–Crippen LogP) is 3.29. The van der Waals surface area contributed by atoms with Gasteiger partial charge < -0.3 is 4.57 Å². The molecule has 0 aromatic carbocycles. The van der Waals surface area contributed by atoms with Gasteiger partial charge in [0.25, 0.3) is 5.56 Å². The Labute approximate surface area is 106 Å². The fourth-order valence-electron chi connectivity index (χ4n) is 1.33. The Bertz CT molecular complexity index is 451. The summed E-state index contributed by atoms with van der Waals surface area (Å²) in [4.78, 5) is 11.5. The van der Waals surface area contributed by atoms with Gasteiger partial charge in [-0.05, 0) is 11.5 Å². The number of rotatable bonds is 3. The van der Waals surface area contributed by atoms with E-state index in [4.69, 9.17) is 0 Å². The van der Waals surface area contributed by atoms with E-state index in [2.05, 4.69) is 15.9 Å². The van der Waals surface area contributed by atoms with Gasteiger partial charge in [0.2, 0.25) is 0 Å². The summed E-state index contributed by atoms with van der Waals surface area (Å²) in [6.45, 7) is 3.98. The van der Waals surface area contributed by atoms with Gasteiger partial charge in [-0.1, -0.05) is 29.8 Å². The minimum Gasteiger partial charge on any atom is -0.314 e. The molecular weight excluding hydrogens is 299 g/mol. The van der Waals surface area contributed by atoms with Gasteiger partial charge in [-0.25, -0.2) is 0 Å². The van der Waals surface area contributed by atoms with E-state index in [0.29, 0.717) is 5.33 Å². The number of hydrogen-bond acceptors (Lipinski definition) is 1. The Morgan fingerprint density at radius 1 is 1.29 bits per heavy atom. The summed E-state index contributed by atoms with van der Waals surface area (Å²) in [5.74, 6) is 0. The Balaban J connectivity index is 3.12. The minimum absolute atomic E-state index is 0.237. The molecule has 96 valence electrons. The van der Waals surface area contributed by atoms with Crippen molar-refractivity contribution in [1.29, 1.82) is 0 Å². The van der Waals surface area contributed by atoms with Crippen LogP contribution in [0.4, 0.5) is 13.2 Å². The number of nitrogens with zero attached hydrogens (tertiary/aromatic N) is 1. The number of halogens is 4. The van der Waals surface area contributed by atoms with E-state index in [9.17, 15) is 18.0 Å². The summed E-state index contributed by atoms with van der Waals surface area (Å²) in [7, 11) is 0. The van der Waals surface area contributed by atoms with Crippen LogP contribution in [0.2, 0.25) is 0 Å². The fraction of sp³-hybridized carbons (Fsp3) is 0.545. The first-order valence-electron chi connectivity index (χ1n) is 4.99. The van der Waals surface area contributed by atoms with Crippen molar-refractivity contribution in [1.82, 2.24) is 4.57 Å². The lowest BCUT2D eigenvalue weighted by Crippen LogP contribution is -2.29. The maximum Gasteiger partial charge on any atom is 0.417 e. The zero-order valence-corrected chi connectivity index (χ0v) is 11.1. The largest absolute Gasteiger partial charge is 0.417 e. The van der Waals surface area contributed by atoms with E-state index >= 15 is 0 Å². The molecule has 1 aromatic rings. The Kier molecular flexibility index (Phi) is 4.06. The number of hydrogen-bond donors (Lipinski definition) is 0. The molecule has 0 aliphatic heterocycles. The van der Waals surface area contributed by atoms with Crippen molar-refractivity contribution in [3.05, 3.63) is 34.2 Å². The Morgan fingerprint density at radius 2 is 1.88 bits per heavy atom. The monoisotopic (exact) mass is 311 g/mol. The molecule has 0 bridgehead atoms. The third-order valence-electron chi connectivity index (χ3n) is 2.27. The summed E-state index contributed by atoms with van der Waals surface area (Å²) >= 11 is 3.27. The number of pyridine rings is 1. The van der Waals surface area contributed by atoms with Gasteiger partial charge in [0.05, 0.1) is 5.56 Å². The molecular formula is C11H13BrF3NO. The zero-order chi connectivity index (χ0) is 13.3. The van der Waals surface area contributed by atoms with Gasteiger partial charge >= 0.3 is 6.18 Å². The second kappa shape index (κ2) is 4.84. The molecule has 0 atom stereocenters. The first-order chi connectivity index (χ1) is 7.65. The van der Waals surface area contributed by atoms with Crippen LogP contribution in [-0.4, -0.2) is 9.90 Å². The normalized spacial score (nSPS) is 12.8. The molecule has 1 heterocycles. The quantitative estimate of drug-likeness (QED) is 0.785. The SMILES string of the molecule is CC(C)(CBr)Cn1cc(C(F)(F)F)ccc1=O. The van der Waals surface area contributed by atoms with Crippen molar-refractivity contribution in [3.63, 3.8) is 0 Å². The highest BCUT2D eigenvalue weighted by Gasteiger charge is 2.31. The van der Waals surface area contributed by atoms with Crippen molar-refractivity contribution in [2.45, 2.75) is 26.6 Å². The Hall–Kier alpha value is -0.780. The van der Waals surface area contributed by atoms with Crippen LogP contribution in [0.25, 0.3) is 0 Å². The van der Waals surface area contributed by atoms with Crippen LogP contribution in [0.3, 0.4) is 0 Å². The molecule has 0 unspecified atom stereocenters. The molecule has 17 heavy (non-hydrogen) atoms. The maximum atomic E-state index is 12.5. The van der Waals surface area contributed by atoms with E-state index in [1.165, 1.54) is 0 Å². The lowest BCUT2D eigenvalue weighted by molar-refractivity contribution is -0.138. The fourth-order valence-corrected chi connectivity index (χ4v) is 1.50. The number of aromatic nitrogens is 1. The van der Waals surface area contributed by atoms with Gasteiger partial charge in [0, 0.05) is 24.1 Å². The van der Waals surface area contributed by atoms with Crippen LogP contribution in [0.15, 0.2) is 23.1 Å². The molecule has 0 saturated carbocycles. The molecule has 0 amide bonds. The molecule has 0 aliphatic rings. The van der Waals surface area contributed by atoms with Crippen LogP contribution in [0.5, 0.6) is 0 Å². The second-order valence-electron chi connectivity index (χ2n) is 4.68. The number of alkyl halides is 4. The molecule has 0 radical (unpaired) electrons. The molecule has 1 rings (SSSR count). The summed E-state index contributed by atoms with van der Waals surface area (Å²) in [6.07, 6.45) is -3.55. The van der Waals surface area contributed by atoms with Crippen LogP contribution >= 0.6 is 15.9 Å². The molecule has 2 nitrogen and oxygen atoms in total. The van der Waals surface area contributed by atoms with Crippen LogP contribution in [0, 0.1) is 5.41 Å². The molecule has 1 aromatic heterocycles. The topological polar surface area (TPSA) is 22.0 Å². The highest BCUT2D eigenvalue weighted by atomic mass is 79.9. The van der Waals surface area contributed by atoms with Crippen LogP contribution in [-0.2, 0) is 12.7 Å². The van der Waals surface area contributed by atoms with E-state index in [0.717, 1.165) is 22.9 Å². The van der Waals surface area contributed by atoms with Gasteiger partial charge in [0.1, 0.15) is 0 Å².